The number of methoxy groups -OCH3 is 2. The monoisotopic (exact) mass is 330 g/mol. The molecule has 1 atom stereocenters. The molecule has 2 rings (SSSR count). The Morgan fingerprint density at radius 2 is 1.67 bits per heavy atom. The molecule has 0 bridgehead atoms. The normalized spacial score (nSPS) is 12.0. The molecule has 4 nitrogen and oxygen atoms in total. The Labute approximate surface area is 143 Å². The molecule has 0 saturated heterocycles. The Morgan fingerprint density at radius 3 is 2.25 bits per heavy atom. The van der Waals surface area contributed by atoms with Crippen molar-refractivity contribution in [3.05, 3.63) is 47.0 Å². The highest BCUT2D eigenvalue weighted by molar-refractivity contribution is 5.54. The molecule has 0 aliphatic heterocycles. The van der Waals surface area contributed by atoms with Gasteiger partial charge in [-0.25, -0.2) is 0 Å². The van der Waals surface area contributed by atoms with Crippen LogP contribution in [0.25, 0.3) is 0 Å². The second kappa shape index (κ2) is 7.95. The average molecular weight is 330 g/mol. The van der Waals surface area contributed by atoms with Crippen molar-refractivity contribution >= 4 is 0 Å². The van der Waals surface area contributed by atoms with Crippen molar-refractivity contribution in [3.8, 4) is 23.0 Å². The van der Waals surface area contributed by atoms with Crippen LogP contribution in [-0.4, -0.2) is 24.4 Å². The zero-order chi connectivity index (χ0) is 17.7. The van der Waals surface area contributed by atoms with Gasteiger partial charge in [-0.2, -0.15) is 0 Å². The van der Waals surface area contributed by atoms with E-state index in [1.54, 1.807) is 13.2 Å². The third kappa shape index (κ3) is 3.58. The molecule has 0 amide bonds. The Balaban J connectivity index is 2.55. The molecule has 2 aromatic carbocycles. The first-order valence-corrected chi connectivity index (χ1v) is 8.32. The number of aromatic hydroxyl groups is 2. The van der Waals surface area contributed by atoms with E-state index in [0.717, 1.165) is 36.0 Å². The van der Waals surface area contributed by atoms with E-state index >= 15 is 0 Å². The number of hydrogen-bond acceptors (Lipinski definition) is 4. The number of hydrogen-bond donors (Lipinski definition) is 2. The lowest BCUT2D eigenvalue weighted by molar-refractivity contribution is 0.367. The van der Waals surface area contributed by atoms with Gasteiger partial charge in [0, 0.05) is 11.5 Å². The summed E-state index contributed by atoms with van der Waals surface area (Å²) >= 11 is 0. The van der Waals surface area contributed by atoms with Crippen molar-refractivity contribution in [2.24, 2.45) is 0 Å². The summed E-state index contributed by atoms with van der Waals surface area (Å²) in [5, 5.41) is 20.4. The van der Waals surface area contributed by atoms with Crippen LogP contribution in [0, 0.1) is 0 Å². The molecule has 4 heteroatoms. The second-order valence-corrected chi connectivity index (χ2v) is 5.88. The van der Waals surface area contributed by atoms with Crippen LogP contribution in [0.15, 0.2) is 30.3 Å². The minimum atomic E-state index is -0.00907. The molecule has 0 aliphatic carbocycles. The lowest BCUT2D eigenvalue weighted by Crippen LogP contribution is -2.03. The summed E-state index contributed by atoms with van der Waals surface area (Å²) in [6.45, 7) is 4.20. The fraction of sp³-hybridized carbons (Fsp3) is 0.400. The molecule has 2 N–H and O–H groups in total. The van der Waals surface area contributed by atoms with Gasteiger partial charge in [-0.15, -0.1) is 0 Å². The third-order valence-electron chi connectivity index (χ3n) is 4.31. The summed E-state index contributed by atoms with van der Waals surface area (Å²) in [4.78, 5) is 0. The van der Waals surface area contributed by atoms with Gasteiger partial charge in [0.2, 0.25) is 0 Å². The van der Waals surface area contributed by atoms with E-state index in [1.165, 1.54) is 7.11 Å². The van der Waals surface area contributed by atoms with Crippen LogP contribution in [0.1, 0.15) is 49.3 Å². The maximum atomic E-state index is 10.6. The first-order valence-electron chi connectivity index (χ1n) is 8.32. The molecule has 0 saturated carbocycles. The van der Waals surface area contributed by atoms with Crippen molar-refractivity contribution < 1.29 is 19.7 Å². The molecule has 1 unspecified atom stereocenters. The van der Waals surface area contributed by atoms with E-state index < -0.39 is 0 Å². The minimum absolute atomic E-state index is 0.00907. The Hall–Kier alpha value is -2.36. The lowest BCUT2D eigenvalue weighted by Gasteiger charge is -2.21. The Kier molecular flexibility index (Phi) is 5.96. The predicted octanol–water partition coefficient (Wildman–Crippen LogP) is 4.61. The lowest BCUT2D eigenvalue weighted by atomic mass is 9.86. The summed E-state index contributed by atoms with van der Waals surface area (Å²) in [6.07, 6.45) is 2.76. The molecule has 0 aliphatic rings. The van der Waals surface area contributed by atoms with Crippen LogP contribution < -0.4 is 9.47 Å². The van der Waals surface area contributed by atoms with Crippen LogP contribution in [0.3, 0.4) is 0 Å². The minimum Gasteiger partial charge on any atom is -0.504 e. The first kappa shape index (κ1) is 18.0. The van der Waals surface area contributed by atoms with E-state index in [9.17, 15) is 10.2 Å². The van der Waals surface area contributed by atoms with E-state index in [0.29, 0.717) is 11.5 Å². The van der Waals surface area contributed by atoms with Crippen LogP contribution in [0.2, 0.25) is 0 Å². The average Bonchev–Trinajstić information content (AvgIpc) is 2.59. The highest BCUT2D eigenvalue weighted by atomic mass is 16.5. The zero-order valence-electron chi connectivity index (χ0n) is 14.8. The van der Waals surface area contributed by atoms with Gasteiger partial charge in [0.05, 0.1) is 14.2 Å². The molecule has 24 heavy (non-hydrogen) atoms. The molecule has 0 radical (unpaired) electrons. The fourth-order valence-corrected chi connectivity index (χ4v) is 3.09. The Morgan fingerprint density at radius 1 is 0.958 bits per heavy atom. The van der Waals surface area contributed by atoms with Crippen molar-refractivity contribution in [1.29, 1.82) is 0 Å². The summed E-state index contributed by atoms with van der Waals surface area (Å²) in [5.41, 5.74) is 2.97. The molecule has 2 aromatic rings. The maximum absolute atomic E-state index is 10.6. The number of phenolic OH excluding ortho intramolecular Hbond substituents is 2. The summed E-state index contributed by atoms with van der Waals surface area (Å²) < 4.78 is 10.6. The molecule has 0 aromatic heterocycles. The standard InChI is InChI=1S/C20H26O4/c1-5-7-13-10-16(20(22)19(11-13)24-4)15(6-2)14-8-9-17(21)18(12-14)23-3/h8-12,15,21-22H,5-7H2,1-4H3. The van der Waals surface area contributed by atoms with E-state index in [1.807, 2.05) is 18.2 Å². The van der Waals surface area contributed by atoms with Crippen molar-refractivity contribution in [2.45, 2.75) is 39.0 Å². The van der Waals surface area contributed by atoms with Crippen molar-refractivity contribution in [2.75, 3.05) is 14.2 Å². The fourth-order valence-electron chi connectivity index (χ4n) is 3.09. The zero-order valence-corrected chi connectivity index (χ0v) is 14.8. The van der Waals surface area contributed by atoms with Crippen molar-refractivity contribution in [3.63, 3.8) is 0 Å². The summed E-state index contributed by atoms with van der Waals surface area (Å²) in [6, 6.07) is 9.26. The number of rotatable bonds is 7. The van der Waals surface area contributed by atoms with E-state index in [-0.39, 0.29) is 17.4 Å². The van der Waals surface area contributed by atoms with Gasteiger partial charge >= 0.3 is 0 Å². The number of benzene rings is 2. The van der Waals surface area contributed by atoms with Gasteiger partial charge in [0.25, 0.3) is 0 Å². The van der Waals surface area contributed by atoms with Crippen LogP contribution in [0.5, 0.6) is 23.0 Å². The molecule has 130 valence electrons. The van der Waals surface area contributed by atoms with Crippen LogP contribution in [0.4, 0.5) is 0 Å². The quantitative estimate of drug-likeness (QED) is 0.778. The predicted molar refractivity (Wildman–Crippen MR) is 95.4 cm³/mol. The van der Waals surface area contributed by atoms with Crippen LogP contribution in [-0.2, 0) is 6.42 Å². The third-order valence-corrected chi connectivity index (χ3v) is 4.31. The molecular formula is C20H26O4. The number of phenols is 2. The number of ether oxygens (including phenoxy) is 2. The molecule has 0 heterocycles. The Bertz CT molecular complexity index is 694. The topological polar surface area (TPSA) is 58.9 Å². The molecular weight excluding hydrogens is 304 g/mol. The van der Waals surface area contributed by atoms with E-state index in [2.05, 4.69) is 19.9 Å². The summed E-state index contributed by atoms with van der Waals surface area (Å²) in [7, 11) is 3.10. The largest absolute Gasteiger partial charge is 0.504 e. The first-order chi connectivity index (χ1) is 11.5. The van der Waals surface area contributed by atoms with Gasteiger partial charge in [-0.3, -0.25) is 0 Å². The van der Waals surface area contributed by atoms with Gasteiger partial charge in [-0.1, -0.05) is 32.4 Å². The van der Waals surface area contributed by atoms with Crippen LogP contribution >= 0.6 is 0 Å². The highest BCUT2D eigenvalue weighted by Crippen LogP contribution is 2.42. The van der Waals surface area contributed by atoms with E-state index in [4.69, 9.17) is 9.47 Å². The molecule has 0 fully saturated rings. The second-order valence-electron chi connectivity index (χ2n) is 5.88. The van der Waals surface area contributed by atoms with Gasteiger partial charge < -0.3 is 19.7 Å². The number of aryl methyl sites for hydroxylation is 1. The smallest absolute Gasteiger partial charge is 0.161 e. The highest BCUT2D eigenvalue weighted by Gasteiger charge is 2.21. The van der Waals surface area contributed by atoms with Crippen molar-refractivity contribution in [1.82, 2.24) is 0 Å². The molecule has 0 spiro atoms. The van der Waals surface area contributed by atoms with Gasteiger partial charge in [0.15, 0.2) is 23.0 Å². The van der Waals surface area contributed by atoms with Gasteiger partial charge in [-0.05, 0) is 42.2 Å². The maximum Gasteiger partial charge on any atom is 0.161 e. The SMILES string of the molecule is CCCc1cc(OC)c(O)c(C(CC)c2ccc(O)c(OC)c2)c1. The van der Waals surface area contributed by atoms with Gasteiger partial charge in [0.1, 0.15) is 0 Å². The summed E-state index contributed by atoms with van der Waals surface area (Å²) in [5.74, 6) is 1.21.